The third-order valence-corrected chi connectivity index (χ3v) is 7.32. The van der Waals surface area contributed by atoms with Gasteiger partial charge in [0.2, 0.25) is 9.84 Å². The zero-order valence-corrected chi connectivity index (χ0v) is 16.6. The van der Waals surface area contributed by atoms with Gasteiger partial charge in [-0.15, -0.1) is 11.3 Å². The van der Waals surface area contributed by atoms with E-state index in [2.05, 4.69) is 5.32 Å². The number of aliphatic hydroxyl groups excluding tert-OH is 1. The van der Waals surface area contributed by atoms with Gasteiger partial charge in [0.25, 0.3) is 11.8 Å². The van der Waals surface area contributed by atoms with E-state index >= 15 is 0 Å². The summed E-state index contributed by atoms with van der Waals surface area (Å²) in [5, 5.41) is 11.7. The molecule has 0 aliphatic rings. The van der Waals surface area contributed by atoms with Gasteiger partial charge in [0.05, 0.1) is 15.5 Å². The Labute approximate surface area is 163 Å². The topological polar surface area (TPSA) is 127 Å². The third-order valence-electron chi connectivity index (χ3n) is 3.56. The Hall–Kier alpha value is -2.01. The summed E-state index contributed by atoms with van der Waals surface area (Å²) in [4.78, 5) is 23.3. The van der Waals surface area contributed by atoms with E-state index in [1.807, 2.05) is 0 Å². The number of anilines is 1. The normalized spacial score (nSPS) is 12.8. The van der Waals surface area contributed by atoms with Crippen molar-refractivity contribution in [2.75, 3.05) is 5.32 Å². The van der Waals surface area contributed by atoms with Crippen molar-refractivity contribution in [1.82, 2.24) is 0 Å². The lowest BCUT2D eigenvalue weighted by atomic mass is 10.1. The van der Waals surface area contributed by atoms with Crippen molar-refractivity contribution in [3.63, 3.8) is 0 Å². The average Bonchev–Trinajstić information content (AvgIpc) is 2.98. The molecule has 2 amide bonds. The lowest BCUT2D eigenvalue weighted by molar-refractivity contribution is -0.125. The lowest BCUT2D eigenvalue weighted by Crippen LogP contribution is -2.32. The molecule has 0 bridgehead atoms. The molecule has 11 heteroatoms. The van der Waals surface area contributed by atoms with Crippen LogP contribution in [0, 0.1) is 11.7 Å². The number of nitrogens with two attached hydrogens (primary N) is 1. The van der Waals surface area contributed by atoms with Crippen molar-refractivity contribution in [2.24, 2.45) is 11.7 Å². The molecule has 0 saturated carbocycles. The van der Waals surface area contributed by atoms with Gasteiger partial charge in [-0.3, -0.25) is 9.59 Å². The molecule has 7 nitrogen and oxygen atoms in total. The summed E-state index contributed by atoms with van der Waals surface area (Å²) in [7, 11) is -4.20. The second-order valence-electron chi connectivity index (χ2n) is 5.93. The molecule has 2 aromatic rings. The maximum Gasteiger partial charge on any atom is 0.254 e. The number of primary amides is 1. The minimum Gasteiger partial charge on any atom is -0.383 e. The number of sulfone groups is 1. The highest BCUT2D eigenvalue weighted by Gasteiger charge is 2.28. The predicted octanol–water partition coefficient (Wildman–Crippen LogP) is 2.43. The molecule has 0 saturated heterocycles. The summed E-state index contributed by atoms with van der Waals surface area (Å²) in [6.07, 6.45) is -1.36. The first-order chi connectivity index (χ1) is 12.4. The SMILES string of the molecule is CC(C)[C@H](O)C(=O)Nc1sc(S(=O)(=O)c2ccc(F)cc2Cl)cc1C(N)=O. The fraction of sp³-hybridized carbons (Fsp3) is 0.250. The molecule has 0 radical (unpaired) electrons. The number of carbonyl (C=O) groups is 2. The zero-order valence-electron chi connectivity index (χ0n) is 14.2. The summed E-state index contributed by atoms with van der Waals surface area (Å²) < 4.78 is 38.4. The molecular formula is C16H16ClFN2O5S2. The summed E-state index contributed by atoms with van der Waals surface area (Å²) >= 11 is 6.40. The maximum absolute atomic E-state index is 13.2. The largest absolute Gasteiger partial charge is 0.383 e. The van der Waals surface area contributed by atoms with E-state index in [0.717, 1.165) is 24.3 Å². The maximum atomic E-state index is 13.2. The van der Waals surface area contributed by atoms with Gasteiger partial charge in [0.1, 0.15) is 21.1 Å². The highest BCUT2D eigenvalue weighted by molar-refractivity contribution is 7.93. The number of benzene rings is 1. The van der Waals surface area contributed by atoms with Crippen LogP contribution in [-0.2, 0) is 14.6 Å². The molecule has 146 valence electrons. The first-order valence-corrected chi connectivity index (χ1v) is 10.3. The van der Waals surface area contributed by atoms with Gasteiger partial charge in [0, 0.05) is 0 Å². The summed E-state index contributed by atoms with van der Waals surface area (Å²) in [6, 6.07) is 3.78. The third kappa shape index (κ3) is 4.46. The minimum absolute atomic E-state index is 0.121. The average molecular weight is 435 g/mol. The number of aliphatic hydroxyl groups is 1. The zero-order chi connectivity index (χ0) is 20.5. The van der Waals surface area contributed by atoms with Gasteiger partial charge in [-0.25, -0.2) is 12.8 Å². The quantitative estimate of drug-likeness (QED) is 0.602. The van der Waals surface area contributed by atoms with Crippen LogP contribution in [0.25, 0.3) is 0 Å². The lowest BCUT2D eigenvalue weighted by Gasteiger charge is -2.13. The number of nitrogens with one attached hydrogen (secondary N) is 1. The van der Waals surface area contributed by atoms with E-state index < -0.39 is 39.5 Å². The molecule has 1 heterocycles. The number of hydrogen-bond acceptors (Lipinski definition) is 6. The van der Waals surface area contributed by atoms with Crippen LogP contribution < -0.4 is 11.1 Å². The van der Waals surface area contributed by atoms with Crippen LogP contribution in [0.15, 0.2) is 33.4 Å². The van der Waals surface area contributed by atoms with Gasteiger partial charge in [-0.2, -0.15) is 0 Å². The summed E-state index contributed by atoms with van der Waals surface area (Å²) in [6.45, 7) is 3.22. The van der Waals surface area contributed by atoms with Crippen molar-refractivity contribution in [3.05, 3.63) is 40.7 Å². The van der Waals surface area contributed by atoms with Crippen molar-refractivity contribution in [2.45, 2.75) is 29.1 Å². The first-order valence-electron chi connectivity index (χ1n) is 7.58. The number of carbonyl (C=O) groups excluding carboxylic acids is 2. The van der Waals surface area contributed by atoms with Crippen LogP contribution >= 0.6 is 22.9 Å². The molecule has 1 aromatic heterocycles. The molecule has 0 fully saturated rings. The predicted molar refractivity (Wildman–Crippen MR) is 99.2 cm³/mol. The van der Waals surface area contributed by atoms with Crippen molar-refractivity contribution >= 4 is 49.6 Å². The Bertz CT molecular complexity index is 1000. The summed E-state index contributed by atoms with van der Waals surface area (Å²) in [5.41, 5.74) is 5.02. The van der Waals surface area contributed by atoms with E-state index in [1.54, 1.807) is 13.8 Å². The fourth-order valence-electron chi connectivity index (χ4n) is 2.07. The fourth-order valence-corrected chi connectivity index (χ4v) is 5.35. The Morgan fingerprint density at radius 2 is 1.93 bits per heavy atom. The molecular weight excluding hydrogens is 419 g/mol. The number of rotatable bonds is 6. The Morgan fingerprint density at radius 1 is 1.30 bits per heavy atom. The second kappa shape index (κ2) is 7.93. The van der Waals surface area contributed by atoms with Crippen molar-refractivity contribution in [1.29, 1.82) is 0 Å². The Balaban J connectivity index is 2.50. The molecule has 0 unspecified atom stereocenters. The molecule has 0 aliphatic carbocycles. The minimum atomic E-state index is -4.20. The van der Waals surface area contributed by atoms with Gasteiger partial charge in [0.15, 0.2) is 0 Å². The van der Waals surface area contributed by atoms with Crippen LogP contribution in [0.5, 0.6) is 0 Å². The summed E-state index contributed by atoms with van der Waals surface area (Å²) in [5.74, 6) is -2.88. The van der Waals surface area contributed by atoms with Crippen LogP contribution in [0.4, 0.5) is 9.39 Å². The second-order valence-corrected chi connectivity index (χ2v) is 9.53. The van der Waals surface area contributed by atoms with E-state index in [0.29, 0.717) is 11.3 Å². The molecule has 4 N–H and O–H groups in total. The highest BCUT2D eigenvalue weighted by Crippen LogP contribution is 2.37. The van der Waals surface area contributed by atoms with Crippen LogP contribution in [0.1, 0.15) is 24.2 Å². The molecule has 1 aromatic carbocycles. The van der Waals surface area contributed by atoms with Crippen LogP contribution in [0.3, 0.4) is 0 Å². The van der Waals surface area contributed by atoms with E-state index in [4.69, 9.17) is 17.3 Å². The standard InChI is InChI=1S/C16H16ClFN2O5S2/c1-7(2)13(21)15(23)20-16-9(14(19)22)6-12(26-16)27(24,25)11-4-3-8(18)5-10(11)17/h3-7,13,21H,1-2H3,(H2,19,22)(H,20,23)/t13-/m0/s1. The van der Waals surface area contributed by atoms with Gasteiger partial charge >= 0.3 is 0 Å². The van der Waals surface area contributed by atoms with E-state index in [-0.39, 0.29) is 24.7 Å². The molecule has 27 heavy (non-hydrogen) atoms. The van der Waals surface area contributed by atoms with E-state index in [1.165, 1.54) is 0 Å². The van der Waals surface area contributed by atoms with Gasteiger partial charge < -0.3 is 16.2 Å². The molecule has 0 spiro atoms. The number of thiophene rings is 1. The Morgan fingerprint density at radius 3 is 2.44 bits per heavy atom. The number of halogens is 2. The van der Waals surface area contributed by atoms with Gasteiger partial charge in [-0.05, 0) is 30.2 Å². The number of hydrogen-bond donors (Lipinski definition) is 3. The smallest absolute Gasteiger partial charge is 0.254 e. The van der Waals surface area contributed by atoms with Gasteiger partial charge in [-0.1, -0.05) is 25.4 Å². The molecule has 2 rings (SSSR count). The number of amides is 2. The molecule has 0 aliphatic heterocycles. The van der Waals surface area contributed by atoms with Crippen LogP contribution in [-0.4, -0.2) is 31.4 Å². The first kappa shape index (κ1) is 21.3. The van der Waals surface area contributed by atoms with Crippen molar-refractivity contribution in [3.8, 4) is 0 Å². The van der Waals surface area contributed by atoms with Crippen molar-refractivity contribution < 1.29 is 27.5 Å². The molecule has 1 atom stereocenters. The monoisotopic (exact) mass is 434 g/mol. The van der Waals surface area contributed by atoms with E-state index in [9.17, 15) is 27.5 Å². The highest BCUT2D eigenvalue weighted by atomic mass is 35.5. The Kier molecular flexibility index (Phi) is 6.25. The van der Waals surface area contributed by atoms with Crippen LogP contribution in [0.2, 0.25) is 5.02 Å².